The number of nitrogens with one attached hydrogen (secondary N) is 2. The van der Waals surface area contributed by atoms with E-state index in [1.54, 1.807) is 6.92 Å². The Kier molecular flexibility index (Phi) is 4.02. The Labute approximate surface area is 94.0 Å². The first kappa shape index (κ1) is 11.9. The summed E-state index contributed by atoms with van der Waals surface area (Å²) >= 11 is 2.83. The van der Waals surface area contributed by atoms with E-state index < -0.39 is 17.7 Å². The SMILES string of the molecule is CCNC(=O)Nc1ccc(Br)c(F)c1F. The van der Waals surface area contributed by atoms with Crippen molar-refractivity contribution >= 4 is 27.6 Å². The second-order valence-electron chi connectivity index (χ2n) is 2.71. The van der Waals surface area contributed by atoms with E-state index in [1.165, 1.54) is 12.1 Å². The van der Waals surface area contributed by atoms with E-state index in [2.05, 4.69) is 26.6 Å². The first-order valence-electron chi connectivity index (χ1n) is 4.24. The van der Waals surface area contributed by atoms with Gasteiger partial charge in [0.15, 0.2) is 11.6 Å². The topological polar surface area (TPSA) is 41.1 Å². The number of amides is 2. The molecule has 0 bridgehead atoms. The van der Waals surface area contributed by atoms with Crippen molar-refractivity contribution in [2.45, 2.75) is 6.92 Å². The van der Waals surface area contributed by atoms with E-state index >= 15 is 0 Å². The predicted octanol–water partition coefficient (Wildman–Crippen LogP) is 2.87. The van der Waals surface area contributed by atoms with E-state index in [-0.39, 0.29) is 10.2 Å². The third-order valence-electron chi connectivity index (χ3n) is 1.62. The van der Waals surface area contributed by atoms with E-state index in [4.69, 9.17) is 0 Å². The minimum atomic E-state index is -1.09. The molecule has 1 aromatic carbocycles. The smallest absolute Gasteiger partial charge is 0.319 e. The zero-order valence-electron chi connectivity index (χ0n) is 7.90. The molecule has 0 aliphatic heterocycles. The molecule has 0 saturated heterocycles. The van der Waals surface area contributed by atoms with Crippen molar-refractivity contribution in [1.29, 1.82) is 0 Å². The number of anilines is 1. The average molecular weight is 279 g/mol. The molecule has 1 aromatic rings. The van der Waals surface area contributed by atoms with Gasteiger partial charge in [0, 0.05) is 6.54 Å². The minimum Gasteiger partial charge on any atom is -0.338 e. The molecule has 82 valence electrons. The number of rotatable bonds is 2. The quantitative estimate of drug-likeness (QED) is 0.803. The predicted molar refractivity (Wildman–Crippen MR) is 56.8 cm³/mol. The zero-order chi connectivity index (χ0) is 11.4. The van der Waals surface area contributed by atoms with Crippen molar-refractivity contribution < 1.29 is 13.6 Å². The largest absolute Gasteiger partial charge is 0.338 e. The summed E-state index contributed by atoms with van der Waals surface area (Å²) in [5.74, 6) is -2.11. The van der Waals surface area contributed by atoms with Crippen molar-refractivity contribution in [1.82, 2.24) is 5.32 Å². The third-order valence-corrected chi connectivity index (χ3v) is 2.23. The van der Waals surface area contributed by atoms with Crippen LogP contribution in [0.5, 0.6) is 0 Å². The number of hydrogen-bond donors (Lipinski definition) is 2. The van der Waals surface area contributed by atoms with Gasteiger partial charge in [-0.05, 0) is 35.0 Å². The molecule has 15 heavy (non-hydrogen) atoms. The highest BCUT2D eigenvalue weighted by Crippen LogP contribution is 2.24. The molecule has 2 N–H and O–H groups in total. The van der Waals surface area contributed by atoms with E-state index in [9.17, 15) is 13.6 Å². The second kappa shape index (κ2) is 5.06. The summed E-state index contributed by atoms with van der Waals surface area (Å²) in [4.78, 5) is 11.0. The molecule has 0 radical (unpaired) electrons. The molecule has 6 heteroatoms. The summed E-state index contributed by atoms with van der Waals surface area (Å²) < 4.78 is 26.3. The van der Waals surface area contributed by atoms with Gasteiger partial charge in [-0.15, -0.1) is 0 Å². The third kappa shape index (κ3) is 2.89. The fourth-order valence-electron chi connectivity index (χ4n) is 0.950. The summed E-state index contributed by atoms with van der Waals surface area (Å²) in [6.07, 6.45) is 0. The lowest BCUT2D eigenvalue weighted by Crippen LogP contribution is -2.28. The lowest BCUT2D eigenvalue weighted by atomic mass is 10.3. The van der Waals surface area contributed by atoms with Crippen LogP contribution in [-0.2, 0) is 0 Å². The van der Waals surface area contributed by atoms with Gasteiger partial charge in [-0.25, -0.2) is 13.6 Å². The highest BCUT2D eigenvalue weighted by atomic mass is 79.9. The van der Waals surface area contributed by atoms with Gasteiger partial charge in [0.2, 0.25) is 0 Å². The van der Waals surface area contributed by atoms with Gasteiger partial charge < -0.3 is 10.6 Å². The molecule has 0 aliphatic carbocycles. The Morgan fingerprint density at radius 3 is 2.67 bits per heavy atom. The average Bonchev–Trinajstić information content (AvgIpc) is 2.20. The number of urea groups is 1. The Morgan fingerprint density at radius 1 is 1.40 bits per heavy atom. The first-order valence-corrected chi connectivity index (χ1v) is 5.04. The van der Waals surface area contributed by atoms with Crippen LogP contribution in [0.2, 0.25) is 0 Å². The zero-order valence-corrected chi connectivity index (χ0v) is 9.49. The van der Waals surface area contributed by atoms with Crippen molar-refractivity contribution in [3.63, 3.8) is 0 Å². The molecule has 0 heterocycles. The summed E-state index contributed by atoms with van der Waals surface area (Å²) in [5.41, 5.74) is -0.193. The molecule has 2 amide bonds. The maximum absolute atomic E-state index is 13.2. The van der Waals surface area contributed by atoms with Crippen LogP contribution in [-0.4, -0.2) is 12.6 Å². The van der Waals surface area contributed by atoms with Crippen LogP contribution in [0.1, 0.15) is 6.92 Å². The van der Waals surface area contributed by atoms with Gasteiger partial charge in [-0.3, -0.25) is 0 Å². The van der Waals surface area contributed by atoms with E-state index in [0.29, 0.717) is 6.54 Å². The van der Waals surface area contributed by atoms with Gasteiger partial charge in [0.25, 0.3) is 0 Å². The molecular formula is C9H9BrF2N2O. The van der Waals surface area contributed by atoms with E-state index in [0.717, 1.165) is 0 Å². The van der Waals surface area contributed by atoms with E-state index in [1.807, 2.05) is 0 Å². The molecule has 0 fully saturated rings. The van der Waals surface area contributed by atoms with Gasteiger partial charge in [-0.2, -0.15) is 0 Å². The molecule has 1 rings (SSSR count). The maximum atomic E-state index is 13.2. The van der Waals surface area contributed by atoms with Crippen LogP contribution in [0.25, 0.3) is 0 Å². The Bertz CT molecular complexity index is 385. The molecule has 3 nitrogen and oxygen atoms in total. The minimum absolute atomic E-state index is 0.0152. The monoisotopic (exact) mass is 278 g/mol. The fourth-order valence-corrected chi connectivity index (χ4v) is 1.26. The van der Waals surface area contributed by atoms with Crippen molar-refractivity contribution in [2.75, 3.05) is 11.9 Å². The van der Waals surface area contributed by atoms with Crippen molar-refractivity contribution in [3.8, 4) is 0 Å². The summed E-state index contributed by atoms with van der Waals surface area (Å²) in [6, 6.07) is 2.02. The van der Waals surface area contributed by atoms with Crippen molar-refractivity contribution in [3.05, 3.63) is 28.2 Å². The number of benzene rings is 1. The van der Waals surface area contributed by atoms with Crippen LogP contribution in [0.3, 0.4) is 0 Å². The number of carbonyl (C=O) groups excluding carboxylic acids is 1. The lowest BCUT2D eigenvalue weighted by molar-refractivity contribution is 0.252. The summed E-state index contributed by atoms with van der Waals surface area (Å²) in [6.45, 7) is 2.13. The molecule has 0 spiro atoms. The Balaban J connectivity index is 2.87. The maximum Gasteiger partial charge on any atom is 0.319 e. The van der Waals surface area contributed by atoms with Crippen LogP contribution < -0.4 is 10.6 Å². The summed E-state index contributed by atoms with van der Waals surface area (Å²) in [7, 11) is 0. The fraction of sp³-hybridized carbons (Fsp3) is 0.222. The van der Waals surface area contributed by atoms with Crippen molar-refractivity contribution in [2.24, 2.45) is 0 Å². The van der Waals surface area contributed by atoms with Gasteiger partial charge >= 0.3 is 6.03 Å². The van der Waals surface area contributed by atoms with Gasteiger partial charge in [0.1, 0.15) is 0 Å². The molecule has 0 aromatic heterocycles. The van der Waals surface area contributed by atoms with Crippen LogP contribution >= 0.6 is 15.9 Å². The second-order valence-corrected chi connectivity index (χ2v) is 3.56. The van der Waals surface area contributed by atoms with Crippen LogP contribution in [0, 0.1) is 11.6 Å². The van der Waals surface area contributed by atoms with Gasteiger partial charge in [0.05, 0.1) is 10.2 Å². The molecule has 0 aliphatic rings. The molecular weight excluding hydrogens is 270 g/mol. The number of carbonyl (C=O) groups is 1. The molecule has 0 atom stereocenters. The standard InChI is InChI=1S/C9H9BrF2N2O/c1-2-13-9(15)14-6-4-3-5(10)7(11)8(6)12/h3-4H,2H2,1H3,(H2,13,14,15). The lowest BCUT2D eigenvalue weighted by Gasteiger charge is -2.07. The van der Waals surface area contributed by atoms with Crippen LogP contribution in [0.15, 0.2) is 16.6 Å². The highest BCUT2D eigenvalue weighted by Gasteiger charge is 2.13. The van der Waals surface area contributed by atoms with Gasteiger partial charge in [-0.1, -0.05) is 0 Å². The number of hydrogen-bond acceptors (Lipinski definition) is 1. The number of halogens is 3. The van der Waals surface area contributed by atoms with Crippen LogP contribution in [0.4, 0.5) is 19.3 Å². The normalized spacial score (nSPS) is 9.87. The molecule has 0 unspecified atom stereocenters. The highest BCUT2D eigenvalue weighted by molar-refractivity contribution is 9.10. The Hall–Kier alpha value is -1.17. The Morgan fingerprint density at radius 2 is 2.07 bits per heavy atom. The first-order chi connectivity index (χ1) is 7.06. The molecule has 0 saturated carbocycles. The summed E-state index contributed by atoms with van der Waals surface area (Å²) in [5, 5.41) is 4.60.